The van der Waals surface area contributed by atoms with Gasteiger partial charge in [-0.3, -0.25) is 4.79 Å². The molecule has 0 saturated heterocycles. The number of ether oxygens (including phenoxy) is 1. The van der Waals surface area contributed by atoms with Crippen molar-refractivity contribution in [3.05, 3.63) is 88.9 Å². The molecule has 3 aromatic rings. The van der Waals surface area contributed by atoms with E-state index < -0.39 is 22.5 Å². The Hall–Kier alpha value is -2.83. The van der Waals surface area contributed by atoms with E-state index in [-0.39, 0.29) is 10.6 Å². The van der Waals surface area contributed by atoms with Crippen LogP contribution in [0.25, 0.3) is 0 Å². The first-order chi connectivity index (χ1) is 16.3. The van der Waals surface area contributed by atoms with Crippen LogP contribution in [-0.2, 0) is 27.7 Å². The summed E-state index contributed by atoms with van der Waals surface area (Å²) >= 11 is 5.93. The molecule has 0 spiro atoms. The molecule has 0 heterocycles. The van der Waals surface area contributed by atoms with Crippen LogP contribution in [0.15, 0.2) is 77.7 Å². The second-order valence-electron chi connectivity index (χ2n) is 8.07. The van der Waals surface area contributed by atoms with Crippen molar-refractivity contribution in [1.29, 1.82) is 0 Å². The van der Waals surface area contributed by atoms with E-state index in [0.29, 0.717) is 10.8 Å². The fourth-order valence-corrected chi connectivity index (χ4v) is 5.09. The molecule has 0 aliphatic rings. The largest absolute Gasteiger partial charge is 0.484 e. The SMILES string of the molecule is CCCCc1ccc(N(C(=O)COc2ccc(CCC)cc2)S(=O)(=O)c2ccc(Cl)cc2)cc1. The van der Waals surface area contributed by atoms with E-state index in [2.05, 4.69) is 13.8 Å². The summed E-state index contributed by atoms with van der Waals surface area (Å²) in [4.78, 5) is 13.2. The standard InChI is InChI=1S/C27H30ClNO4S/c1-3-5-7-22-8-14-24(15-9-22)29(34(31,32)26-18-12-23(28)13-19-26)27(30)20-33-25-16-10-21(6-4-2)11-17-25/h8-19H,3-7,20H2,1-2H3. The maximum absolute atomic E-state index is 13.5. The van der Waals surface area contributed by atoms with E-state index in [1.807, 2.05) is 24.3 Å². The van der Waals surface area contributed by atoms with Crippen LogP contribution in [0.5, 0.6) is 5.75 Å². The monoisotopic (exact) mass is 499 g/mol. The molecule has 3 aromatic carbocycles. The Morgan fingerprint density at radius 3 is 2.00 bits per heavy atom. The lowest BCUT2D eigenvalue weighted by atomic mass is 10.1. The van der Waals surface area contributed by atoms with Gasteiger partial charge in [0.2, 0.25) is 0 Å². The van der Waals surface area contributed by atoms with Gasteiger partial charge in [-0.1, -0.05) is 62.6 Å². The molecule has 0 bridgehead atoms. The fraction of sp³-hybridized carbons (Fsp3) is 0.296. The highest BCUT2D eigenvalue weighted by Crippen LogP contribution is 2.26. The summed E-state index contributed by atoms with van der Waals surface area (Å²) in [6.07, 6.45) is 4.99. The van der Waals surface area contributed by atoms with Crippen molar-refractivity contribution in [2.45, 2.75) is 50.8 Å². The summed E-state index contributed by atoms with van der Waals surface area (Å²) in [5, 5.41) is 0.409. The van der Waals surface area contributed by atoms with Crippen LogP contribution in [0.1, 0.15) is 44.2 Å². The van der Waals surface area contributed by atoms with E-state index in [1.54, 1.807) is 24.3 Å². The molecule has 0 saturated carbocycles. The Morgan fingerprint density at radius 1 is 0.824 bits per heavy atom. The van der Waals surface area contributed by atoms with Crippen LogP contribution >= 0.6 is 11.6 Å². The summed E-state index contributed by atoms with van der Waals surface area (Å²) in [5.74, 6) is -0.180. The zero-order valence-electron chi connectivity index (χ0n) is 19.5. The lowest BCUT2D eigenvalue weighted by molar-refractivity contribution is -0.119. The molecule has 0 aromatic heterocycles. The first kappa shape index (κ1) is 25.8. The maximum atomic E-state index is 13.5. The van der Waals surface area contributed by atoms with Crippen molar-refractivity contribution < 1.29 is 17.9 Å². The van der Waals surface area contributed by atoms with E-state index >= 15 is 0 Å². The van der Waals surface area contributed by atoms with Gasteiger partial charge in [0.15, 0.2) is 6.61 Å². The molecule has 5 nitrogen and oxygen atoms in total. The van der Waals surface area contributed by atoms with Crippen LogP contribution in [0.2, 0.25) is 5.02 Å². The number of benzene rings is 3. The minimum absolute atomic E-state index is 0.0239. The smallest absolute Gasteiger partial charge is 0.278 e. The van der Waals surface area contributed by atoms with Crippen LogP contribution < -0.4 is 9.04 Å². The highest BCUT2D eigenvalue weighted by Gasteiger charge is 2.31. The summed E-state index contributed by atoms with van der Waals surface area (Å²) < 4.78 is 33.4. The number of hydrogen-bond acceptors (Lipinski definition) is 4. The summed E-state index contributed by atoms with van der Waals surface area (Å²) in [5.41, 5.74) is 2.53. The number of unbranched alkanes of at least 4 members (excludes halogenated alkanes) is 1. The van der Waals surface area contributed by atoms with Crippen LogP contribution in [-0.4, -0.2) is 20.9 Å². The second kappa shape index (κ2) is 12.0. The number of hydrogen-bond donors (Lipinski definition) is 0. The van der Waals surface area contributed by atoms with Gasteiger partial charge in [0.05, 0.1) is 10.6 Å². The second-order valence-corrected chi connectivity index (χ2v) is 10.3. The number of anilines is 1. The van der Waals surface area contributed by atoms with Gasteiger partial charge in [0, 0.05) is 5.02 Å². The number of amides is 1. The van der Waals surface area contributed by atoms with Gasteiger partial charge in [-0.25, -0.2) is 8.42 Å². The quantitative estimate of drug-likeness (QED) is 0.304. The number of nitrogens with zero attached hydrogens (tertiary/aromatic N) is 1. The molecule has 0 fully saturated rings. The van der Waals surface area contributed by atoms with E-state index in [0.717, 1.165) is 42.0 Å². The van der Waals surface area contributed by atoms with Gasteiger partial charge in [0.1, 0.15) is 5.75 Å². The van der Waals surface area contributed by atoms with Gasteiger partial charge < -0.3 is 4.74 Å². The maximum Gasteiger partial charge on any atom is 0.278 e. The van der Waals surface area contributed by atoms with Gasteiger partial charge in [-0.05, 0) is 78.9 Å². The topological polar surface area (TPSA) is 63.7 Å². The normalized spacial score (nSPS) is 11.3. The molecule has 7 heteroatoms. The van der Waals surface area contributed by atoms with Gasteiger partial charge in [0.25, 0.3) is 15.9 Å². The Labute approximate surface area is 207 Å². The number of sulfonamides is 1. The van der Waals surface area contributed by atoms with Gasteiger partial charge in [-0.2, -0.15) is 4.31 Å². The third kappa shape index (κ3) is 6.61. The molecule has 34 heavy (non-hydrogen) atoms. The summed E-state index contributed by atoms with van der Waals surface area (Å²) in [7, 11) is -4.17. The summed E-state index contributed by atoms with van der Waals surface area (Å²) in [6.45, 7) is 3.80. The molecule has 0 aliphatic carbocycles. The first-order valence-corrected chi connectivity index (χ1v) is 13.3. The average Bonchev–Trinajstić information content (AvgIpc) is 2.83. The molecule has 0 radical (unpaired) electrons. The molecule has 0 N–H and O–H groups in total. The number of rotatable bonds is 11. The number of aryl methyl sites for hydroxylation is 2. The molecule has 3 rings (SSSR count). The predicted octanol–water partition coefficient (Wildman–Crippen LogP) is 6.44. The van der Waals surface area contributed by atoms with Gasteiger partial charge in [-0.15, -0.1) is 0 Å². The number of carbonyl (C=O) groups is 1. The summed E-state index contributed by atoms with van der Waals surface area (Å²) in [6, 6.07) is 20.3. The Kier molecular flexibility index (Phi) is 9.13. The third-order valence-corrected chi connectivity index (χ3v) is 7.41. The molecule has 0 atom stereocenters. The lowest BCUT2D eigenvalue weighted by Crippen LogP contribution is -2.40. The molecule has 1 amide bonds. The number of halogens is 1. The minimum atomic E-state index is -4.17. The Morgan fingerprint density at radius 2 is 1.41 bits per heavy atom. The highest BCUT2D eigenvalue weighted by atomic mass is 35.5. The number of carbonyl (C=O) groups excluding carboxylic acids is 1. The molecular weight excluding hydrogens is 470 g/mol. The van der Waals surface area contributed by atoms with Crippen molar-refractivity contribution >= 4 is 33.2 Å². The van der Waals surface area contributed by atoms with Gasteiger partial charge >= 0.3 is 0 Å². The molecular formula is C27H30ClNO4S. The van der Waals surface area contributed by atoms with Crippen molar-refractivity contribution in [2.75, 3.05) is 10.9 Å². The predicted molar refractivity (Wildman–Crippen MR) is 137 cm³/mol. The zero-order valence-corrected chi connectivity index (χ0v) is 21.1. The highest BCUT2D eigenvalue weighted by molar-refractivity contribution is 7.93. The molecule has 0 unspecified atom stereocenters. The van der Waals surface area contributed by atoms with Crippen molar-refractivity contribution in [3.63, 3.8) is 0 Å². The molecule has 0 aliphatic heterocycles. The van der Waals surface area contributed by atoms with Crippen LogP contribution in [0, 0.1) is 0 Å². The van der Waals surface area contributed by atoms with Crippen molar-refractivity contribution in [1.82, 2.24) is 0 Å². The van der Waals surface area contributed by atoms with Crippen LogP contribution in [0.3, 0.4) is 0 Å². The van der Waals surface area contributed by atoms with E-state index in [4.69, 9.17) is 16.3 Å². The zero-order chi connectivity index (χ0) is 24.6. The third-order valence-electron chi connectivity index (χ3n) is 5.39. The van der Waals surface area contributed by atoms with Crippen LogP contribution in [0.4, 0.5) is 5.69 Å². The van der Waals surface area contributed by atoms with Crippen molar-refractivity contribution in [2.24, 2.45) is 0 Å². The van der Waals surface area contributed by atoms with E-state index in [1.165, 1.54) is 29.8 Å². The molecule has 180 valence electrons. The lowest BCUT2D eigenvalue weighted by Gasteiger charge is -2.23. The average molecular weight is 500 g/mol. The minimum Gasteiger partial charge on any atom is -0.484 e. The first-order valence-electron chi connectivity index (χ1n) is 11.5. The Bertz CT molecular complexity index is 1170. The van der Waals surface area contributed by atoms with E-state index in [9.17, 15) is 13.2 Å². The Balaban J connectivity index is 1.87. The van der Waals surface area contributed by atoms with Crippen molar-refractivity contribution in [3.8, 4) is 5.75 Å². The fourth-order valence-electron chi connectivity index (χ4n) is 3.55.